The maximum absolute atomic E-state index is 4.60. The number of nitrogens with zero attached hydrogens (tertiary/aromatic N) is 3. The van der Waals surface area contributed by atoms with Crippen LogP contribution < -0.4 is 10.6 Å². The van der Waals surface area contributed by atoms with Crippen LogP contribution in [0.5, 0.6) is 0 Å². The Labute approximate surface area is 142 Å². The van der Waals surface area contributed by atoms with Gasteiger partial charge in [0.2, 0.25) is 5.95 Å². The van der Waals surface area contributed by atoms with Gasteiger partial charge in [-0.1, -0.05) is 31.2 Å². The molecule has 2 N–H and O–H groups in total. The highest BCUT2D eigenvalue weighted by Crippen LogP contribution is 2.19. The van der Waals surface area contributed by atoms with Gasteiger partial charge < -0.3 is 10.6 Å². The number of aromatic nitrogens is 3. The van der Waals surface area contributed by atoms with E-state index in [-0.39, 0.29) is 0 Å². The first kappa shape index (κ1) is 15.9. The van der Waals surface area contributed by atoms with E-state index >= 15 is 0 Å². The van der Waals surface area contributed by atoms with E-state index < -0.39 is 0 Å². The van der Waals surface area contributed by atoms with Crippen LogP contribution in [-0.2, 0) is 6.42 Å². The van der Waals surface area contributed by atoms with Gasteiger partial charge in [-0.25, -0.2) is 15.0 Å². The summed E-state index contributed by atoms with van der Waals surface area (Å²) in [6.07, 6.45) is 4.57. The largest absolute Gasteiger partial charge is 0.368 e. The number of pyridine rings is 1. The van der Waals surface area contributed by atoms with Crippen molar-refractivity contribution in [2.75, 3.05) is 23.7 Å². The quantitative estimate of drug-likeness (QED) is 0.651. The van der Waals surface area contributed by atoms with E-state index in [9.17, 15) is 0 Å². The Kier molecular flexibility index (Phi) is 5.35. The zero-order chi connectivity index (χ0) is 16.6. The van der Waals surface area contributed by atoms with Crippen molar-refractivity contribution in [1.29, 1.82) is 0 Å². The van der Waals surface area contributed by atoms with Crippen molar-refractivity contribution in [1.82, 2.24) is 15.0 Å². The van der Waals surface area contributed by atoms with E-state index in [0.29, 0.717) is 5.95 Å². The highest BCUT2D eigenvalue weighted by atomic mass is 15.1. The lowest BCUT2D eigenvalue weighted by Crippen LogP contribution is -2.15. The van der Waals surface area contributed by atoms with Gasteiger partial charge in [-0.05, 0) is 36.2 Å². The number of anilines is 2. The molecule has 0 atom stereocenters. The molecule has 0 aliphatic heterocycles. The molecule has 2 aromatic heterocycles. The van der Waals surface area contributed by atoms with E-state index in [1.165, 1.54) is 5.56 Å². The van der Waals surface area contributed by atoms with Crippen LogP contribution >= 0.6 is 0 Å². The smallest absolute Gasteiger partial charge is 0.223 e. The zero-order valence-corrected chi connectivity index (χ0v) is 13.7. The minimum atomic E-state index is 0.636. The van der Waals surface area contributed by atoms with Gasteiger partial charge >= 0.3 is 0 Å². The molecular formula is C19H21N5. The summed E-state index contributed by atoms with van der Waals surface area (Å²) in [5.41, 5.74) is 3.35. The van der Waals surface area contributed by atoms with E-state index in [2.05, 4.69) is 56.8 Å². The summed E-state index contributed by atoms with van der Waals surface area (Å²) in [5.74, 6) is 1.50. The average Bonchev–Trinajstić information content (AvgIpc) is 2.66. The molecule has 1 aromatic carbocycles. The Morgan fingerprint density at radius 1 is 0.875 bits per heavy atom. The molecule has 0 bridgehead atoms. The van der Waals surface area contributed by atoms with E-state index in [1.54, 1.807) is 12.4 Å². The van der Waals surface area contributed by atoms with Crippen LogP contribution in [0.4, 0.5) is 11.8 Å². The zero-order valence-electron chi connectivity index (χ0n) is 13.7. The van der Waals surface area contributed by atoms with Crippen molar-refractivity contribution in [3.8, 4) is 11.3 Å². The maximum atomic E-state index is 4.60. The molecular weight excluding hydrogens is 298 g/mol. The summed E-state index contributed by atoms with van der Waals surface area (Å²) in [7, 11) is 0. The number of nitrogens with one attached hydrogen (secondary N) is 2. The second kappa shape index (κ2) is 8.06. The molecule has 5 heteroatoms. The molecule has 3 aromatic rings. The SMILES string of the molecule is CCc1cccc(-c2ccnc(NCCNc3ccccn3)n2)c1. The second-order valence-electron chi connectivity index (χ2n) is 5.39. The van der Waals surface area contributed by atoms with Gasteiger partial charge in [-0.3, -0.25) is 0 Å². The molecule has 0 aliphatic carbocycles. The molecule has 0 radical (unpaired) electrons. The summed E-state index contributed by atoms with van der Waals surface area (Å²) in [5, 5.41) is 6.49. The predicted octanol–water partition coefficient (Wildman–Crippen LogP) is 3.63. The fourth-order valence-electron chi connectivity index (χ4n) is 2.39. The number of hydrogen-bond acceptors (Lipinski definition) is 5. The first-order valence-corrected chi connectivity index (χ1v) is 8.16. The van der Waals surface area contributed by atoms with Crippen molar-refractivity contribution in [2.24, 2.45) is 0 Å². The Balaban J connectivity index is 1.59. The van der Waals surface area contributed by atoms with Gasteiger partial charge in [0.25, 0.3) is 0 Å². The molecule has 3 rings (SSSR count). The fourth-order valence-corrected chi connectivity index (χ4v) is 2.39. The first-order chi connectivity index (χ1) is 11.8. The third-order valence-electron chi connectivity index (χ3n) is 3.67. The third-order valence-corrected chi connectivity index (χ3v) is 3.67. The van der Waals surface area contributed by atoms with Crippen molar-refractivity contribution in [2.45, 2.75) is 13.3 Å². The minimum absolute atomic E-state index is 0.636. The molecule has 0 saturated carbocycles. The van der Waals surface area contributed by atoms with Crippen LogP contribution in [0, 0.1) is 0 Å². The summed E-state index contributed by atoms with van der Waals surface area (Å²) in [6.45, 7) is 3.62. The van der Waals surface area contributed by atoms with Crippen molar-refractivity contribution < 1.29 is 0 Å². The number of aryl methyl sites for hydroxylation is 1. The Morgan fingerprint density at radius 2 is 1.79 bits per heavy atom. The molecule has 0 amide bonds. The van der Waals surface area contributed by atoms with Crippen molar-refractivity contribution >= 4 is 11.8 Å². The Morgan fingerprint density at radius 3 is 2.62 bits per heavy atom. The lowest BCUT2D eigenvalue weighted by Gasteiger charge is -2.08. The van der Waals surface area contributed by atoms with Gasteiger partial charge in [-0.15, -0.1) is 0 Å². The van der Waals surface area contributed by atoms with Gasteiger partial charge in [0.1, 0.15) is 5.82 Å². The van der Waals surface area contributed by atoms with Gasteiger partial charge in [-0.2, -0.15) is 0 Å². The second-order valence-corrected chi connectivity index (χ2v) is 5.39. The molecule has 0 saturated heterocycles. The monoisotopic (exact) mass is 319 g/mol. The molecule has 24 heavy (non-hydrogen) atoms. The summed E-state index contributed by atoms with van der Waals surface area (Å²) in [6, 6.07) is 16.2. The third kappa shape index (κ3) is 4.29. The van der Waals surface area contributed by atoms with Crippen LogP contribution in [0.25, 0.3) is 11.3 Å². The van der Waals surface area contributed by atoms with Gasteiger partial charge in [0.15, 0.2) is 0 Å². The van der Waals surface area contributed by atoms with Crippen molar-refractivity contribution in [3.05, 3.63) is 66.5 Å². The van der Waals surface area contributed by atoms with Crippen LogP contribution in [0.2, 0.25) is 0 Å². The summed E-state index contributed by atoms with van der Waals surface area (Å²) >= 11 is 0. The van der Waals surface area contributed by atoms with E-state index in [4.69, 9.17) is 0 Å². The lowest BCUT2D eigenvalue weighted by molar-refractivity contribution is 1.02. The molecule has 0 aliphatic rings. The van der Waals surface area contributed by atoms with Crippen molar-refractivity contribution in [3.63, 3.8) is 0 Å². The highest BCUT2D eigenvalue weighted by Gasteiger charge is 2.03. The molecule has 0 fully saturated rings. The Bertz CT molecular complexity index is 773. The van der Waals surface area contributed by atoms with Gasteiger partial charge in [0, 0.05) is 31.0 Å². The number of hydrogen-bond donors (Lipinski definition) is 2. The lowest BCUT2D eigenvalue weighted by atomic mass is 10.1. The van der Waals surface area contributed by atoms with Crippen LogP contribution in [0.1, 0.15) is 12.5 Å². The summed E-state index contributed by atoms with van der Waals surface area (Å²) < 4.78 is 0. The average molecular weight is 319 g/mol. The molecule has 0 unspecified atom stereocenters. The normalized spacial score (nSPS) is 10.4. The van der Waals surface area contributed by atoms with Crippen LogP contribution in [0.3, 0.4) is 0 Å². The standard InChI is InChI=1S/C19H21N5/c1-2-15-6-5-7-16(14-15)17-9-11-22-19(24-17)23-13-12-21-18-8-3-4-10-20-18/h3-11,14H,2,12-13H2,1H3,(H,20,21)(H,22,23,24). The number of benzene rings is 1. The topological polar surface area (TPSA) is 62.7 Å². The van der Waals surface area contributed by atoms with E-state index in [1.807, 2.05) is 24.3 Å². The molecule has 2 heterocycles. The highest BCUT2D eigenvalue weighted by molar-refractivity contribution is 5.60. The molecule has 5 nitrogen and oxygen atoms in total. The predicted molar refractivity (Wildman–Crippen MR) is 98.1 cm³/mol. The summed E-state index contributed by atoms with van der Waals surface area (Å²) in [4.78, 5) is 13.1. The number of rotatable bonds is 7. The maximum Gasteiger partial charge on any atom is 0.223 e. The van der Waals surface area contributed by atoms with Crippen LogP contribution in [0.15, 0.2) is 60.9 Å². The van der Waals surface area contributed by atoms with Crippen LogP contribution in [-0.4, -0.2) is 28.0 Å². The minimum Gasteiger partial charge on any atom is -0.368 e. The van der Waals surface area contributed by atoms with E-state index in [0.717, 1.165) is 36.6 Å². The van der Waals surface area contributed by atoms with Gasteiger partial charge in [0.05, 0.1) is 5.69 Å². The molecule has 0 spiro atoms. The Hall–Kier alpha value is -2.95. The molecule has 122 valence electrons. The fraction of sp³-hybridized carbons (Fsp3) is 0.211. The first-order valence-electron chi connectivity index (χ1n) is 8.16.